The van der Waals surface area contributed by atoms with Crippen LogP contribution in [-0.2, 0) is 11.2 Å². The van der Waals surface area contributed by atoms with Crippen molar-refractivity contribution in [3.63, 3.8) is 0 Å². The standard InChI is InChI=1S/C13H9F5N2OS2/c14-9-2-1-7(4-10(9)15)3-8-5-19-12(23-8)20-11(21)6-22-13(16,17)18/h1-2,4-5H,3,6H2,(H,19,20,21). The summed E-state index contributed by atoms with van der Waals surface area (Å²) in [6.07, 6.45) is 1.68. The zero-order valence-corrected chi connectivity index (χ0v) is 12.9. The summed E-state index contributed by atoms with van der Waals surface area (Å²) in [5, 5.41) is 2.40. The molecule has 0 unspecified atom stereocenters. The Bertz CT molecular complexity index is 702. The zero-order valence-electron chi connectivity index (χ0n) is 11.3. The highest BCUT2D eigenvalue weighted by Crippen LogP contribution is 2.30. The van der Waals surface area contributed by atoms with Gasteiger partial charge in [0.15, 0.2) is 16.8 Å². The predicted molar refractivity (Wildman–Crippen MR) is 78.4 cm³/mol. The molecule has 0 aliphatic rings. The van der Waals surface area contributed by atoms with Crippen LogP contribution in [0.3, 0.4) is 0 Å². The minimum absolute atomic E-state index is 0.148. The molecule has 0 fully saturated rings. The molecule has 23 heavy (non-hydrogen) atoms. The first kappa shape index (κ1) is 17.7. The van der Waals surface area contributed by atoms with Gasteiger partial charge in [0, 0.05) is 17.5 Å². The minimum Gasteiger partial charge on any atom is -0.301 e. The number of amides is 1. The number of hydrogen-bond acceptors (Lipinski definition) is 4. The Balaban J connectivity index is 1.92. The zero-order chi connectivity index (χ0) is 17.0. The average Bonchev–Trinajstić information content (AvgIpc) is 2.87. The van der Waals surface area contributed by atoms with Gasteiger partial charge in [0.1, 0.15) is 0 Å². The molecule has 0 atom stereocenters. The lowest BCUT2D eigenvalue weighted by molar-refractivity contribution is -0.114. The van der Waals surface area contributed by atoms with E-state index in [4.69, 9.17) is 0 Å². The Morgan fingerprint density at radius 1 is 1.26 bits per heavy atom. The number of benzene rings is 1. The summed E-state index contributed by atoms with van der Waals surface area (Å²) < 4.78 is 61.9. The SMILES string of the molecule is O=C(CSC(F)(F)F)Nc1ncc(Cc2ccc(F)c(F)c2)s1. The summed E-state index contributed by atoms with van der Waals surface area (Å²) in [5.74, 6) is -3.50. The lowest BCUT2D eigenvalue weighted by Gasteiger charge is -2.04. The number of halogens is 5. The van der Waals surface area contributed by atoms with Gasteiger partial charge in [0.25, 0.3) is 0 Å². The maximum absolute atomic E-state index is 13.1. The summed E-state index contributed by atoms with van der Waals surface area (Å²) in [6, 6.07) is 3.46. The number of rotatable bonds is 5. The van der Waals surface area contributed by atoms with Crippen LogP contribution >= 0.6 is 23.1 Å². The number of thiazole rings is 1. The van der Waals surface area contributed by atoms with E-state index in [1.807, 2.05) is 0 Å². The Kier molecular flexibility index (Phi) is 5.58. The molecule has 0 bridgehead atoms. The molecule has 0 saturated carbocycles. The van der Waals surface area contributed by atoms with Gasteiger partial charge in [-0.2, -0.15) is 13.2 Å². The molecule has 10 heteroatoms. The molecule has 1 aromatic carbocycles. The number of nitrogens with zero attached hydrogens (tertiary/aromatic N) is 1. The monoisotopic (exact) mass is 368 g/mol. The normalized spacial score (nSPS) is 11.5. The maximum Gasteiger partial charge on any atom is 0.442 e. The predicted octanol–water partition coefficient (Wildman–Crippen LogP) is 4.20. The van der Waals surface area contributed by atoms with Crippen LogP contribution < -0.4 is 5.32 Å². The number of nitrogens with one attached hydrogen (secondary N) is 1. The molecule has 1 amide bonds. The second kappa shape index (κ2) is 7.26. The van der Waals surface area contributed by atoms with Crippen molar-refractivity contribution in [2.45, 2.75) is 11.9 Å². The first-order chi connectivity index (χ1) is 10.7. The van der Waals surface area contributed by atoms with Crippen molar-refractivity contribution in [3.05, 3.63) is 46.5 Å². The molecule has 0 spiro atoms. The van der Waals surface area contributed by atoms with Gasteiger partial charge in [-0.15, -0.1) is 11.3 Å². The van der Waals surface area contributed by atoms with E-state index in [1.54, 1.807) is 0 Å². The van der Waals surface area contributed by atoms with E-state index in [0.29, 0.717) is 10.4 Å². The highest BCUT2D eigenvalue weighted by Gasteiger charge is 2.29. The Morgan fingerprint density at radius 2 is 2.00 bits per heavy atom. The van der Waals surface area contributed by atoms with Crippen molar-refractivity contribution in [3.8, 4) is 0 Å². The number of carbonyl (C=O) groups excluding carboxylic acids is 1. The van der Waals surface area contributed by atoms with Crippen molar-refractivity contribution in [2.24, 2.45) is 0 Å². The highest BCUT2D eigenvalue weighted by atomic mass is 32.2. The molecule has 0 aliphatic carbocycles. The van der Waals surface area contributed by atoms with Crippen molar-refractivity contribution in [1.29, 1.82) is 0 Å². The molecule has 3 nitrogen and oxygen atoms in total. The third-order valence-electron chi connectivity index (χ3n) is 2.53. The molecule has 0 radical (unpaired) electrons. The van der Waals surface area contributed by atoms with E-state index >= 15 is 0 Å². The second-order valence-electron chi connectivity index (χ2n) is 4.34. The quantitative estimate of drug-likeness (QED) is 0.804. The van der Waals surface area contributed by atoms with Crippen LogP contribution in [0.2, 0.25) is 0 Å². The fourth-order valence-electron chi connectivity index (χ4n) is 1.60. The van der Waals surface area contributed by atoms with Crippen molar-refractivity contribution in [2.75, 3.05) is 11.1 Å². The fraction of sp³-hybridized carbons (Fsp3) is 0.231. The van der Waals surface area contributed by atoms with Gasteiger partial charge < -0.3 is 5.32 Å². The van der Waals surface area contributed by atoms with Gasteiger partial charge in [-0.25, -0.2) is 13.8 Å². The van der Waals surface area contributed by atoms with Gasteiger partial charge in [-0.05, 0) is 29.5 Å². The van der Waals surface area contributed by atoms with E-state index < -0.39 is 40.6 Å². The molecular formula is C13H9F5N2OS2. The lowest BCUT2D eigenvalue weighted by atomic mass is 10.1. The smallest absolute Gasteiger partial charge is 0.301 e. The molecule has 0 saturated heterocycles. The van der Waals surface area contributed by atoms with Gasteiger partial charge in [-0.1, -0.05) is 6.07 Å². The number of hydrogen-bond donors (Lipinski definition) is 1. The van der Waals surface area contributed by atoms with Crippen LogP contribution in [0.15, 0.2) is 24.4 Å². The van der Waals surface area contributed by atoms with Crippen LogP contribution in [0.25, 0.3) is 0 Å². The van der Waals surface area contributed by atoms with Crippen LogP contribution in [0.5, 0.6) is 0 Å². The van der Waals surface area contributed by atoms with E-state index in [1.165, 1.54) is 12.3 Å². The molecule has 0 aliphatic heterocycles. The third-order valence-corrected chi connectivity index (χ3v) is 4.18. The molecule has 2 rings (SSSR count). The van der Waals surface area contributed by atoms with E-state index in [-0.39, 0.29) is 11.6 Å². The summed E-state index contributed by atoms with van der Waals surface area (Å²) in [6.45, 7) is 0. The van der Waals surface area contributed by atoms with Crippen LogP contribution in [0.1, 0.15) is 10.4 Å². The van der Waals surface area contributed by atoms with Crippen molar-refractivity contribution >= 4 is 34.1 Å². The summed E-state index contributed by atoms with van der Waals surface area (Å²) in [7, 11) is 0. The van der Waals surface area contributed by atoms with E-state index in [2.05, 4.69) is 10.3 Å². The average molecular weight is 368 g/mol. The van der Waals surface area contributed by atoms with Gasteiger partial charge in [0.2, 0.25) is 5.91 Å². The fourth-order valence-corrected chi connectivity index (χ4v) is 2.83. The summed E-state index contributed by atoms with van der Waals surface area (Å²) >= 11 is 0.611. The van der Waals surface area contributed by atoms with Crippen LogP contribution in [0.4, 0.5) is 27.1 Å². The highest BCUT2D eigenvalue weighted by molar-refractivity contribution is 8.00. The minimum atomic E-state index is -4.47. The second-order valence-corrected chi connectivity index (χ2v) is 6.50. The topological polar surface area (TPSA) is 42.0 Å². The Hall–Kier alpha value is -1.68. The third kappa shape index (κ3) is 5.79. The molecular weight excluding hydrogens is 359 g/mol. The van der Waals surface area contributed by atoms with E-state index in [0.717, 1.165) is 23.5 Å². The molecule has 124 valence electrons. The maximum atomic E-state index is 13.1. The van der Waals surface area contributed by atoms with Crippen LogP contribution in [0, 0.1) is 11.6 Å². The lowest BCUT2D eigenvalue weighted by Crippen LogP contribution is -2.16. The van der Waals surface area contributed by atoms with Gasteiger partial charge >= 0.3 is 5.51 Å². The largest absolute Gasteiger partial charge is 0.442 e. The van der Waals surface area contributed by atoms with E-state index in [9.17, 15) is 26.7 Å². The number of thioether (sulfide) groups is 1. The summed E-state index contributed by atoms with van der Waals surface area (Å²) in [4.78, 5) is 15.9. The molecule has 1 N–H and O–H groups in total. The first-order valence-corrected chi connectivity index (χ1v) is 7.92. The molecule has 2 aromatic rings. The van der Waals surface area contributed by atoms with Crippen molar-refractivity contribution in [1.82, 2.24) is 4.98 Å². The Morgan fingerprint density at radius 3 is 2.65 bits per heavy atom. The van der Waals surface area contributed by atoms with Crippen molar-refractivity contribution < 1.29 is 26.7 Å². The summed E-state index contributed by atoms with van der Waals surface area (Å²) in [5.41, 5.74) is -3.96. The number of anilines is 1. The van der Waals surface area contributed by atoms with Gasteiger partial charge in [0.05, 0.1) is 5.75 Å². The number of alkyl halides is 3. The number of aromatic nitrogens is 1. The first-order valence-electron chi connectivity index (χ1n) is 6.12. The van der Waals surface area contributed by atoms with Crippen LogP contribution in [-0.4, -0.2) is 22.2 Å². The number of carbonyl (C=O) groups is 1. The van der Waals surface area contributed by atoms with Gasteiger partial charge in [-0.3, -0.25) is 4.79 Å². The Labute approximate surface area is 135 Å². The molecule has 1 heterocycles. The molecule has 1 aromatic heterocycles.